The first-order valence-electron chi connectivity index (χ1n) is 12.8. The molecule has 7 heteroatoms. The Labute approximate surface area is 227 Å². The van der Waals surface area contributed by atoms with Crippen molar-refractivity contribution in [2.24, 2.45) is 0 Å². The minimum Gasteiger partial charge on any atom is -0.397 e. The van der Waals surface area contributed by atoms with Gasteiger partial charge in [0.15, 0.2) is 0 Å². The molecule has 6 aromatic rings. The van der Waals surface area contributed by atoms with Gasteiger partial charge in [-0.15, -0.1) is 11.3 Å². The van der Waals surface area contributed by atoms with E-state index in [4.69, 9.17) is 4.42 Å². The highest BCUT2D eigenvalue weighted by molar-refractivity contribution is 8.08. The molecule has 0 aliphatic carbocycles. The molecule has 0 saturated carbocycles. The number of thiazole rings is 1. The van der Waals surface area contributed by atoms with Crippen molar-refractivity contribution in [3.8, 4) is 0 Å². The molecular weight excluding hydrogens is 510 g/mol. The summed E-state index contributed by atoms with van der Waals surface area (Å²) in [6.07, 6.45) is 2.03. The lowest BCUT2D eigenvalue weighted by Crippen LogP contribution is -2.36. The monoisotopic (exact) mass is 536 g/mol. The topological polar surface area (TPSA) is 42.3 Å². The molecule has 5 nitrogen and oxygen atoms in total. The molecule has 0 saturated heterocycles. The predicted octanol–water partition coefficient (Wildman–Crippen LogP) is 5.43. The number of aromatic nitrogens is 2. The maximum atomic E-state index is 13.7. The van der Waals surface area contributed by atoms with Crippen molar-refractivity contribution >= 4 is 72.5 Å². The first-order valence-corrected chi connectivity index (χ1v) is 14.5. The van der Waals surface area contributed by atoms with Crippen LogP contribution in [0.5, 0.6) is 0 Å². The van der Waals surface area contributed by atoms with E-state index in [-0.39, 0.29) is 5.56 Å². The second kappa shape index (κ2) is 8.89. The van der Waals surface area contributed by atoms with E-state index in [9.17, 15) is 4.79 Å². The van der Waals surface area contributed by atoms with Gasteiger partial charge < -0.3 is 9.32 Å². The fourth-order valence-corrected chi connectivity index (χ4v) is 7.93. The van der Waals surface area contributed by atoms with Crippen LogP contribution in [0.4, 0.5) is 5.69 Å². The van der Waals surface area contributed by atoms with Gasteiger partial charge in [-0.2, -0.15) is 4.57 Å². The summed E-state index contributed by atoms with van der Waals surface area (Å²) in [5, 5.41) is 5.63. The van der Waals surface area contributed by atoms with Gasteiger partial charge in [0, 0.05) is 35.3 Å². The molecule has 0 N–H and O–H groups in total. The van der Waals surface area contributed by atoms with Crippen LogP contribution in [0.1, 0.15) is 19.7 Å². The molecule has 38 heavy (non-hydrogen) atoms. The maximum Gasteiger partial charge on any atom is 0.377 e. The molecule has 3 heterocycles. The molecule has 2 aromatic heterocycles. The standard InChI is InChI=1S/C31H26N3O2S2/c1-4-33-23-16-14-20-11-7-9-13-22(20)28(23)36-25(33)18-26-34(5-2)30(35)29(38-26)31-32(3)27-21-12-8-6-10-19(21)15-17-24(27)37-31/h6-18H,4-5H2,1-3H3/q+1/b31-29+. The van der Waals surface area contributed by atoms with Gasteiger partial charge in [0.05, 0.1) is 11.8 Å². The number of aryl methyl sites for hydroxylation is 1. The third-order valence-electron chi connectivity index (χ3n) is 7.32. The molecule has 0 atom stereocenters. The van der Waals surface area contributed by atoms with Crippen molar-refractivity contribution in [1.29, 1.82) is 0 Å². The van der Waals surface area contributed by atoms with Crippen LogP contribution >= 0.6 is 23.1 Å². The number of thioether (sulfide) groups is 1. The smallest absolute Gasteiger partial charge is 0.377 e. The van der Waals surface area contributed by atoms with E-state index in [1.54, 1.807) is 11.8 Å². The van der Waals surface area contributed by atoms with Gasteiger partial charge in [-0.3, -0.25) is 9.36 Å². The fourth-order valence-electron chi connectivity index (χ4n) is 5.47. The normalized spacial score (nSPS) is 15.3. The number of fused-ring (bicyclic) bond motifs is 6. The van der Waals surface area contributed by atoms with Crippen LogP contribution in [0.15, 0.2) is 86.9 Å². The Bertz CT molecular complexity index is 2080. The lowest BCUT2D eigenvalue weighted by Gasteiger charge is -2.15. The van der Waals surface area contributed by atoms with E-state index in [0.717, 1.165) is 54.2 Å². The Morgan fingerprint density at radius 1 is 0.921 bits per heavy atom. The Kier molecular flexibility index (Phi) is 5.46. The van der Waals surface area contributed by atoms with Crippen molar-refractivity contribution in [2.75, 3.05) is 11.9 Å². The van der Waals surface area contributed by atoms with Crippen LogP contribution in [0.25, 0.3) is 43.7 Å². The van der Waals surface area contributed by atoms with Gasteiger partial charge in [-0.1, -0.05) is 66.4 Å². The number of nitrogens with zero attached hydrogens (tertiary/aromatic N) is 3. The van der Waals surface area contributed by atoms with Crippen LogP contribution in [0, 0.1) is 0 Å². The molecule has 0 amide bonds. The van der Waals surface area contributed by atoms with E-state index >= 15 is 0 Å². The van der Waals surface area contributed by atoms with Crippen LogP contribution in [-0.4, -0.2) is 11.6 Å². The van der Waals surface area contributed by atoms with Crippen molar-refractivity contribution in [3.05, 3.63) is 98.2 Å². The number of benzene rings is 4. The molecular formula is C31H26N3O2S2+. The molecule has 0 spiro atoms. The molecule has 1 aliphatic heterocycles. The van der Waals surface area contributed by atoms with Gasteiger partial charge in [0.1, 0.15) is 20.8 Å². The molecule has 0 radical (unpaired) electrons. The summed E-state index contributed by atoms with van der Waals surface area (Å²) < 4.78 is 12.2. The van der Waals surface area contributed by atoms with E-state index in [1.165, 1.54) is 27.0 Å². The Morgan fingerprint density at radius 3 is 2.39 bits per heavy atom. The summed E-state index contributed by atoms with van der Waals surface area (Å²) in [5.41, 5.74) is 3.14. The second-order valence-electron chi connectivity index (χ2n) is 9.38. The Balaban J connectivity index is 1.45. The maximum absolute atomic E-state index is 13.7. The van der Waals surface area contributed by atoms with E-state index in [1.807, 2.05) is 29.7 Å². The highest BCUT2D eigenvalue weighted by atomic mass is 32.2. The summed E-state index contributed by atoms with van der Waals surface area (Å²) in [6.45, 7) is 5.50. The first kappa shape index (κ1) is 23.3. The Morgan fingerprint density at radius 2 is 1.63 bits per heavy atom. The number of hydrogen-bond donors (Lipinski definition) is 0. The number of oxazole rings is 1. The van der Waals surface area contributed by atoms with Crippen LogP contribution in [0.2, 0.25) is 0 Å². The van der Waals surface area contributed by atoms with Gasteiger partial charge >= 0.3 is 5.89 Å². The number of rotatable bonds is 3. The number of hydrogen-bond acceptors (Lipinski definition) is 5. The average molecular weight is 537 g/mol. The molecule has 0 fully saturated rings. The SMILES string of the molecule is CCn1c(=O)/c(=C2\Sc3ccc4ccccc4c3N2C)s/c1=C\c1oc2c3ccccc3ccc2[n+]1CC. The minimum absolute atomic E-state index is 0.0415. The third kappa shape index (κ3) is 3.38. The highest BCUT2D eigenvalue weighted by Crippen LogP contribution is 2.48. The van der Waals surface area contributed by atoms with Crippen molar-refractivity contribution in [1.82, 2.24) is 4.57 Å². The molecule has 0 bridgehead atoms. The average Bonchev–Trinajstić information content (AvgIpc) is 3.58. The van der Waals surface area contributed by atoms with Crippen molar-refractivity contribution in [3.63, 3.8) is 0 Å². The fraction of sp³-hybridized carbons (Fsp3) is 0.161. The zero-order valence-electron chi connectivity index (χ0n) is 21.4. The highest BCUT2D eigenvalue weighted by Gasteiger charge is 2.27. The summed E-state index contributed by atoms with van der Waals surface area (Å²) in [4.78, 5) is 17.1. The quantitative estimate of drug-likeness (QED) is 0.283. The first-order chi connectivity index (χ1) is 18.6. The zero-order valence-corrected chi connectivity index (χ0v) is 23.0. The van der Waals surface area contributed by atoms with Gasteiger partial charge in [0.2, 0.25) is 5.58 Å². The van der Waals surface area contributed by atoms with Crippen molar-refractivity contribution in [2.45, 2.75) is 31.8 Å². The lowest BCUT2D eigenvalue weighted by molar-refractivity contribution is -0.674. The minimum atomic E-state index is 0.0415. The molecule has 7 rings (SSSR count). The Hall–Kier alpha value is -3.81. The van der Waals surface area contributed by atoms with Crippen molar-refractivity contribution < 1.29 is 8.98 Å². The molecule has 188 valence electrons. The van der Waals surface area contributed by atoms with Gasteiger partial charge in [0.25, 0.3) is 11.1 Å². The molecule has 1 aliphatic rings. The number of anilines is 1. The lowest BCUT2D eigenvalue weighted by atomic mass is 10.1. The van der Waals surface area contributed by atoms with Crippen LogP contribution < -0.4 is 24.2 Å². The van der Waals surface area contributed by atoms with Crippen LogP contribution in [-0.2, 0) is 13.1 Å². The summed E-state index contributed by atoms with van der Waals surface area (Å²) in [5.74, 6) is 0.751. The molecule has 4 aromatic carbocycles. The molecule has 0 unspecified atom stereocenters. The zero-order chi connectivity index (χ0) is 26.0. The summed E-state index contributed by atoms with van der Waals surface area (Å²) in [6, 6.07) is 25.3. The predicted molar refractivity (Wildman–Crippen MR) is 158 cm³/mol. The van der Waals surface area contributed by atoms with Crippen LogP contribution in [0.3, 0.4) is 0 Å². The third-order valence-corrected chi connectivity index (χ3v) is 9.79. The summed E-state index contributed by atoms with van der Waals surface area (Å²) >= 11 is 3.21. The van der Waals surface area contributed by atoms with Gasteiger partial charge in [-0.25, -0.2) is 0 Å². The van der Waals surface area contributed by atoms with E-state index < -0.39 is 0 Å². The summed E-state index contributed by atoms with van der Waals surface area (Å²) in [7, 11) is 2.06. The van der Waals surface area contributed by atoms with Gasteiger partial charge in [-0.05, 0) is 36.8 Å². The van der Waals surface area contributed by atoms with E-state index in [0.29, 0.717) is 6.54 Å². The second-order valence-corrected chi connectivity index (χ2v) is 11.4. The largest absolute Gasteiger partial charge is 0.397 e. The van der Waals surface area contributed by atoms with E-state index in [2.05, 4.69) is 84.1 Å².